The first-order valence-corrected chi connectivity index (χ1v) is 11.9. The number of nitrogens with zero attached hydrogens (tertiary/aromatic N) is 4. The Hall–Kier alpha value is -1.77. The lowest BCUT2D eigenvalue weighted by Crippen LogP contribution is -2.48. The Morgan fingerprint density at radius 3 is 2.73 bits per heavy atom. The predicted octanol–water partition coefficient (Wildman–Crippen LogP) is 3.34. The molecule has 2 saturated heterocycles. The molecule has 2 aromatic heterocycles. The van der Waals surface area contributed by atoms with E-state index in [0.717, 1.165) is 67.5 Å². The van der Waals surface area contributed by atoms with Gasteiger partial charge in [0.25, 0.3) is 0 Å². The Labute approximate surface area is 182 Å². The van der Waals surface area contributed by atoms with Crippen molar-refractivity contribution in [3.63, 3.8) is 0 Å². The lowest BCUT2D eigenvalue weighted by Gasteiger charge is -2.35. The molecule has 1 N–H and O–H groups in total. The standard InChI is InChI=1S/C22H33N5O2S/c1-14-7-5-6-8-27(14)22(28)16(3)23-20-19-15(2)17(4)30-21(19)25-18(24-20)13-26-9-11-29-12-10-26/h14,16H,5-13H2,1-4H3,(H,23,24,25). The van der Waals surface area contributed by atoms with E-state index in [1.807, 2.05) is 11.8 Å². The highest BCUT2D eigenvalue weighted by atomic mass is 32.1. The molecule has 2 fully saturated rings. The first-order chi connectivity index (χ1) is 14.4. The number of rotatable bonds is 5. The van der Waals surface area contributed by atoms with Gasteiger partial charge in [0.15, 0.2) is 0 Å². The summed E-state index contributed by atoms with van der Waals surface area (Å²) in [5, 5.41) is 4.51. The van der Waals surface area contributed by atoms with Crippen molar-refractivity contribution in [3.8, 4) is 0 Å². The number of piperidine rings is 1. The summed E-state index contributed by atoms with van der Waals surface area (Å²) in [4.78, 5) is 29.5. The smallest absolute Gasteiger partial charge is 0.245 e. The zero-order valence-electron chi connectivity index (χ0n) is 18.5. The molecular formula is C22H33N5O2S. The molecule has 2 atom stereocenters. The molecule has 2 aromatic rings. The monoisotopic (exact) mass is 431 g/mol. The quantitative estimate of drug-likeness (QED) is 0.783. The summed E-state index contributed by atoms with van der Waals surface area (Å²) >= 11 is 1.70. The number of carbonyl (C=O) groups excluding carboxylic acids is 1. The third-order valence-corrected chi connectivity index (χ3v) is 7.45. The molecule has 0 aromatic carbocycles. The minimum atomic E-state index is -0.320. The van der Waals surface area contributed by atoms with Crippen LogP contribution in [0.2, 0.25) is 0 Å². The van der Waals surface area contributed by atoms with Crippen LogP contribution < -0.4 is 5.32 Å². The van der Waals surface area contributed by atoms with Crippen molar-refractivity contribution >= 4 is 33.3 Å². The van der Waals surface area contributed by atoms with Gasteiger partial charge in [0.2, 0.25) is 5.91 Å². The number of ether oxygens (including phenoxy) is 1. The van der Waals surface area contributed by atoms with Crippen LogP contribution in [0.3, 0.4) is 0 Å². The fraction of sp³-hybridized carbons (Fsp3) is 0.682. The van der Waals surface area contributed by atoms with Gasteiger partial charge >= 0.3 is 0 Å². The van der Waals surface area contributed by atoms with Crippen molar-refractivity contribution in [1.82, 2.24) is 19.8 Å². The number of morpholine rings is 1. The van der Waals surface area contributed by atoms with Gasteiger partial charge < -0.3 is 15.0 Å². The van der Waals surface area contributed by atoms with E-state index in [9.17, 15) is 4.79 Å². The number of hydrogen-bond donors (Lipinski definition) is 1. The van der Waals surface area contributed by atoms with Crippen molar-refractivity contribution in [3.05, 3.63) is 16.3 Å². The van der Waals surface area contributed by atoms with Gasteiger partial charge in [0, 0.05) is 30.6 Å². The average molecular weight is 432 g/mol. The van der Waals surface area contributed by atoms with Gasteiger partial charge in [-0.15, -0.1) is 11.3 Å². The van der Waals surface area contributed by atoms with Crippen molar-refractivity contribution in [1.29, 1.82) is 0 Å². The van der Waals surface area contributed by atoms with E-state index in [0.29, 0.717) is 12.6 Å². The number of amides is 1. The molecule has 7 nitrogen and oxygen atoms in total. The number of hydrogen-bond acceptors (Lipinski definition) is 7. The van der Waals surface area contributed by atoms with Crippen LogP contribution in [-0.4, -0.2) is 70.6 Å². The van der Waals surface area contributed by atoms with Gasteiger partial charge in [-0.05, 0) is 52.5 Å². The fourth-order valence-corrected chi connectivity index (χ4v) is 5.42. The third-order valence-electron chi connectivity index (χ3n) is 6.35. The molecule has 2 aliphatic rings. The third kappa shape index (κ3) is 4.45. The van der Waals surface area contributed by atoms with Crippen LogP contribution in [0.1, 0.15) is 49.4 Å². The average Bonchev–Trinajstić information content (AvgIpc) is 3.02. The van der Waals surface area contributed by atoms with Crippen LogP contribution >= 0.6 is 11.3 Å². The SMILES string of the molecule is Cc1sc2nc(CN3CCOCC3)nc(NC(C)C(=O)N3CCCCC3C)c2c1C. The first kappa shape index (κ1) is 21.5. The highest BCUT2D eigenvalue weighted by Gasteiger charge is 2.28. The zero-order chi connectivity index (χ0) is 21.3. The van der Waals surface area contributed by atoms with Crippen LogP contribution in [0.4, 0.5) is 5.82 Å². The summed E-state index contributed by atoms with van der Waals surface area (Å²) in [6.07, 6.45) is 3.38. The Balaban J connectivity index is 1.60. The summed E-state index contributed by atoms with van der Waals surface area (Å²) in [6, 6.07) is -0.0116. The van der Waals surface area contributed by atoms with Gasteiger partial charge in [0.1, 0.15) is 22.5 Å². The Bertz CT molecular complexity index is 909. The van der Waals surface area contributed by atoms with Gasteiger partial charge in [-0.3, -0.25) is 9.69 Å². The highest BCUT2D eigenvalue weighted by Crippen LogP contribution is 2.34. The second-order valence-corrected chi connectivity index (χ2v) is 9.79. The number of anilines is 1. The number of nitrogens with one attached hydrogen (secondary N) is 1. The minimum Gasteiger partial charge on any atom is -0.379 e. The van der Waals surface area contributed by atoms with Gasteiger partial charge in [-0.2, -0.15) is 0 Å². The zero-order valence-corrected chi connectivity index (χ0v) is 19.3. The second-order valence-electron chi connectivity index (χ2n) is 8.58. The lowest BCUT2D eigenvalue weighted by atomic mass is 10.0. The molecule has 2 unspecified atom stereocenters. The Kier molecular flexibility index (Phi) is 6.55. The molecule has 0 aliphatic carbocycles. The molecule has 30 heavy (non-hydrogen) atoms. The summed E-state index contributed by atoms with van der Waals surface area (Å²) in [7, 11) is 0. The number of aryl methyl sites for hydroxylation is 2. The van der Waals surface area contributed by atoms with E-state index in [-0.39, 0.29) is 11.9 Å². The van der Waals surface area contributed by atoms with Crippen LogP contribution in [-0.2, 0) is 16.1 Å². The molecule has 0 bridgehead atoms. The van der Waals surface area contributed by atoms with E-state index < -0.39 is 0 Å². The molecule has 0 spiro atoms. The molecule has 2 aliphatic heterocycles. The maximum absolute atomic E-state index is 13.1. The summed E-state index contributed by atoms with van der Waals surface area (Å²) < 4.78 is 5.46. The van der Waals surface area contributed by atoms with Crippen LogP contribution in [0.15, 0.2) is 0 Å². The summed E-state index contributed by atoms with van der Waals surface area (Å²) in [5.41, 5.74) is 1.20. The summed E-state index contributed by atoms with van der Waals surface area (Å²) in [5.74, 6) is 1.75. The number of thiophene rings is 1. The van der Waals surface area contributed by atoms with E-state index in [1.165, 1.54) is 16.9 Å². The second kappa shape index (κ2) is 9.16. The van der Waals surface area contributed by atoms with Gasteiger partial charge in [-0.25, -0.2) is 9.97 Å². The number of aromatic nitrogens is 2. The van der Waals surface area contributed by atoms with E-state index in [2.05, 4.69) is 31.0 Å². The van der Waals surface area contributed by atoms with Crippen molar-refractivity contribution in [2.75, 3.05) is 38.2 Å². The van der Waals surface area contributed by atoms with E-state index in [1.54, 1.807) is 11.3 Å². The maximum Gasteiger partial charge on any atom is 0.245 e. The normalized spacial score (nSPS) is 21.7. The number of likely N-dealkylation sites (tertiary alicyclic amines) is 1. The molecule has 4 rings (SSSR count). The van der Waals surface area contributed by atoms with E-state index in [4.69, 9.17) is 14.7 Å². The van der Waals surface area contributed by atoms with Gasteiger partial charge in [-0.1, -0.05) is 0 Å². The van der Waals surface area contributed by atoms with Crippen molar-refractivity contribution in [2.45, 2.75) is 65.6 Å². The number of carbonyl (C=O) groups is 1. The molecule has 8 heteroatoms. The molecular weight excluding hydrogens is 398 g/mol. The van der Waals surface area contributed by atoms with Crippen LogP contribution in [0.25, 0.3) is 10.2 Å². The Morgan fingerprint density at radius 1 is 1.23 bits per heavy atom. The van der Waals surface area contributed by atoms with Crippen LogP contribution in [0.5, 0.6) is 0 Å². The topological polar surface area (TPSA) is 70.6 Å². The van der Waals surface area contributed by atoms with Gasteiger partial charge in [0.05, 0.1) is 25.1 Å². The summed E-state index contributed by atoms with van der Waals surface area (Å²) in [6.45, 7) is 13.2. The number of fused-ring (bicyclic) bond motifs is 1. The largest absolute Gasteiger partial charge is 0.379 e. The minimum absolute atomic E-state index is 0.160. The highest BCUT2D eigenvalue weighted by molar-refractivity contribution is 7.18. The Morgan fingerprint density at radius 2 is 2.00 bits per heavy atom. The predicted molar refractivity (Wildman–Crippen MR) is 121 cm³/mol. The fourth-order valence-electron chi connectivity index (χ4n) is 4.37. The van der Waals surface area contributed by atoms with E-state index >= 15 is 0 Å². The molecule has 1 amide bonds. The molecule has 0 radical (unpaired) electrons. The molecule has 0 saturated carbocycles. The van der Waals surface area contributed by atoms with Crippen molar-refractivity contribution < 1.29 is 9.53 Å². The maximum atomic E-state index is 13.1. The van der Waals surface area contributed by atoms with Crippen LogP contribution in [0, 0.1) is 13.8 Å². The lowest BCUT2D eigenvalue weighted by molar-refractivity contribution is -0.134. The van der Waals surface area contributed by atoms with Crippen molar-refractivity contribution in [2.24, 2.45) is 0 Å². The first-order valence-electron chi connectivity index (χ1n) is 11.1. The molecule has 164 valence electrons. The molecule has 4 heterocycles.